The van der Waals surface area contributed by atoms with E-state index in [1.165, 1.54) is 15.6 Å². The third-order valence-corrected chi connectivity index (χ3v) is 7.66. The van der Waals surface area contributed by atoms with Crippen molar-refractivity contribution in [2.45, 2.75) is 32.9 Å². The summed E-state index contributed by atoms with van der Waals surface area (Å²) in [5, 5.41) is 14.1. The second kappa shape index (κ2) is 12.9. The number of carboxylic acid groups (broad SMARTS) is 1. The number of hydrogen-bond acceptors (Lipinski definition) is 6. The molecule has 0 saturated heterocycles. The van der Waals surface area contributed by atoms with Gasteiger partial charge in [-0.25, -0.2) is 14.0 Å². The summed E-state index contributed by atoms with van der Waals surface area (Å²) in [4.78, 5) is 26.0. The molecule has 1 atom stereocenters. The number of carbonyl (C=O) groups is 2. The van der Waals surface area contributed by atoms with E-state index in [1.807, 2.05) is 26.0 Å². The number of para-hydroxylation sites is 1. The van der Waals surface area contributed by atoms with Crippen LogP contribution in [0, 0.1) is 12.7 Å². The topological polar surface area (TPSA) is 103 Å². The number of fused-ring (bicyclic) bond motifs is 1. The van der Waals surface area contributed by atoms with Crippen molar-refractivity contribution in [3.63, 3.8) is 0 Å². The van der Waals surface area contributed by atoms with Crippen LogP contribution >= 0.6 is 23.2 Å². The average molecular weight is 628 g/mol. The van der Waals surface area contributed by atoms with Gasteiger partial charge in [-0.05, 0) is 50.6 Å². The second-order valence-corrected chi connectivity index (χ2v) is 10.8. The highest BCUT2D eigenvalue weighted by Gasteiger charge is 2.27. The van der Waals surface area contributed by atoms with Crippen molar-refractivity contribution in [3.05, 3.63) is 93.5 Å². The smallest absolute Gasteiger partial charge is 0.414 e. The quantitative estimate of drug-likeness (QED) is 0.219. The van der Waals surface area contributed by atoms with E-state index in [1.54, 1.807) is 36.7 Å². The largest absolute Gasteiger partial charge is 0.491 e. The van der Waals surface area contributed by atoms with Crippen LogP contribution in [0.1, 0.15) is 34.8 Å². The number of benzene rings is 3. The van der Waals surface area contributed by atoms with Crippen molar-refractivity contribution in [2.75, 3.05) is 24.7 Å². The number of aromatic carboxylic acids is 1. The molecule has 0 radical (unpaired) electrons. The van der Waals surface area contributed by atoms with E-state index in [2.05, 4.69) is 5.10 Å². The molecule has 224 valence electrons. The van der Waals surface area contributed by atoms with Crippen molar-refractivity contribution in [1.82, 2.24) is 9.78 Å². The molecule has 1 aliphatic heterocycles. The molecular weight excluding hydrogens is 600 g/mol. The van der Waals surface area contributed by atoms with Gasteiger partial charge in [0.15, 0.2) is 5.75 Å². The molecule has 1 unspecified atom stereocenters. The van der Waals surface area contributed by atoms with E-state index in [4.69, 9.17) is 42.5 Å². The molecule has 9 nitrogen and oxygen atoms in total. The fourth-order valence-electron chi connectivity index (χ4n) is 4.68. The maximum Gasteiger partial charge on any atom is 0.414 e. The maximum absolute atomic E-state index is 14.7. The highest BCUT2D eigenvalue weighted by molar-refractivity contribution is 6.32. The van der Waals surface area contributed by atoms with Crippen LogP contribution in [0.3, 0.4) is 0 Å². The predicted molar refractivity (Wildman–Crippen MR) is 160 cm³/mol. The Kier molecular flexibility index (Phi) is 9.08. The second-order valence-electron chi connectivity index (χ2n) is 10.0. The van der Waals surface area contributed by atoms with Crippen molar-refractivity contribution >= 4 is 41.0 Å². The molecule has 3 aromatic carbocycles. The Hall–Kier alpha value is -4.28. The molecule has 1 aliphatic rings. The lowest BCUT2D eigenvalue weighted by molar-refractivity contribution is 0.0696. The zero-order valence-electron chi connectivity index (χ0n) is 23.4. The van der Waals surface area contributed by atoms with Crippen LogP contribution in [0.2, 0.25) is 10.0 Å². The molecule has 0 fully saturated rings. The highest BCUT2D eigenvalue weighted by Crippen LogP contribution is 2.40. The molecule has 43 heavy (non-hydrogen) atoms. The van der Waals surface area contributed by atoms with Crippen molar-refractivity contribution in [2.24, 2.45) is 0 Å². The van der Waals surface area contributed by atoms with Gasteiger partial charge >= 0.3 is 12.1 Å². The molecule has 1 aromatic heterocycles. The zero-order valence-corrected chi connectivity index (χ0v) is 24.9. The fourth-order valence-corrected chi connectivity index (χ4v) is 5.12. The van der Waals surface area contributed by atoms with Crippen molar-refractivity contribution in [3.8, 4) is 22.6 Å². The van der Waals surface area contributed by atoms with Crippen molar-refractivity contribution < 1.29 is 33.3 Å². The van der Waals surface area contributed by atoms with Crippen LogP contribution in [0.15, 0.2) is 60.9 Å². The first-order chi connectivity index (χ1) is 20.6. The monoisotopic (exact) mass is 627 g/mol. The lowest BCUT2D eigenvalue weighted by Gasteiger charge is -2.23. The normalized spacial score (nSPS) is 13.5. The highest BCUT2D eigenvalue weighted by atomic mass is 35.5. The number of hydrogen-bond donors (Lipinski definition) is 1. The number of aromatic nitrogens is 2. The van der Waals surface area contributed by atoms with Gasteiger partial charge in [0.25, 0.3) is 0 Å². The molecule has 0 bridgehead atoms. The summed E-state index contributed by atoms with van der Waals surface area (Å²) in [6.45, 7) is 4.44. The SMILES string of the molecule is Cc1c(Cl)cccc1OC(C)COC(=O)N1CCCOc2c(-c3cnn(Cc4c(F)cc(C(=O)O)cc4Cl)c3)cccc21. The van der Waals surface area contributed by atoms with Crippen LogP contribution in [-0.2, 0) is 11.3 Å². The Morgan fingerprint density at radius 2 is 1.95 bits per heavy atom. The molecule has 12 heteroatoms. The van der Waals surface area contributed by atoms with Gasteiger partial charge < -0.3 is 19.3 Å². The fraction of sp³-hybridized carbons (Fsp3) is 0.258. The van der Waals surface area contributed by atoms with Crippen LogP contribution in [0.5, 0.6) is 11.5 Å². The lowest BCUT2D eigenvalue weighted by atomic mass is 10.1. The first-order valence-electron chi connectivity index (χ1n) is 13.5. The van der Waals surface area contributed by atoms with E-state index >= 15 is 0 Å². The van der Waals surface area contributed by atoms with E-state index in [0.29, 0.717) is 52.9 Å². The van der Waals surface area contributed by atoms with Crippen LogP contribution in [0.25, 0.3) is 11.1 Å². The Morgan fingerprint density at radius 1 is 1.16 bits per heavy atom. The van der Waals surface area contributed by atoms with E-state index < -0.39 is 24.0 Å². The van der Waals surface area contributed by atoms with E-state index in [0.717, 1.165) is 11.6 Å². The van der Waals surface area contributed by atoms with Crippen LogP contribution < -0.4 is 14.4 Å². The van der Waals surface area contributed by atoms with E-state index in [-0.39, 0.29) is 29.3 Å². The summed E-state index contributed by atoms with van der Waals surface area (Å²) in [6, 6.07) is 12.9. The number of nitrogens with zero attached hydrogens (tertiary/aromatic N) is 3. The molecule has 1 N–H and O–H groups in total. The number of rotatable bonds is 8. The minimum atomic E-state index is -1.27. The number of carbonyl (C=O) groups excluding carboxylic acids is 1. The molecule has 5 rings (SSSR count). The third-order valence-electron chi connectivity index (χ3n) is 6.92. The van der Waals surface area contributed by atoms with E-state index in [9.17, 15) is 14.0 Å². The van der Waals surface area contributed by atoms with Gasteiger partial charge in [-0.1, -0.05) is 41.4 Å². The predicted octanol–water partition coefficient (Wildman–Crippen LogP) is 7.24. The lowest BCUT2D eigenvalue weighted by Crippen LogP contribution is -2.34. The Balaban J connectivity index is 1.32. The van der Waals surface area contributed by atoms with Gasteiger partial charge in [-0.15, -0.1) is 0 Å². The van der Waals surface area contributed by atoms with Gasteiger partial charge in [0.1, 0.15) is 24.3 Å². The summed E-state index contributed by atoms with van der Waals surface area (Å²) >= 11 is 12.4. The van der Waals surface area contributed by atoms with Gasteiger partial charge in [0.2, 0.25) is 0 Å². The molecule has 0 aliphatic carbocycles. The summed E-state index contributed by atoms with van der Waals surface area (Å²) in [5.74, 6) is -0.898. The van der Waals surface area contributed by atoms with Gasteiger partial charge in [-0.2, -0.15) is 5.10 Å². The van der Waals surface area contributed by atoms with Crippen molar-refractivity contribution in [1.29, 1.82) is 0 Å². The summed E-state index contributed by atoms with van der Waals surface area (Å²) in [5.41, 5.74) is 2.58. The Morgan fingerprint density at radius 3 is 2.72 bits per heavy atom. The molecular formula is C31H28Cl2FN3O6. The van der Waals surface area contributed by atoms with Crippen LogP contribution in [0.4, 0.5) is 14.9 Å². The molecule has 0 spiro atoms. The zero-order chi connectivity index (χ0) is 30.7. The first-order valence-corrected chi connectivity index (χ1v) is 14.2. The number of anilines is 1. The number of halogens is 3. The Labute approximate surface area is 257 Å². The average Bonchev–Trinajstić information content (AvgIpc) is 3.33. The number of carboxylic acids is 1. The van der Waals surface area contributed by atoms with Gasteiger partial charge in [0, 0.05) is 45.0 Å². The molecule has 2 heterocycles. The number of ether oxygens (including phenoxy) is 3. The molecule has 0 saturated carbocycles. The first kappa shape index (κ1) is 30.2. The summed E-state index contributed by atoms with van der Waals surface area (Å²) in [6.07, 6.45) is 2.93. The number of amides is 1. The summed E-state index contributed by atoms with van der Waals surface area (Å²) < 4.78 is 33.8. The Bertz CT molecular complexity index is 1650. The minimum absolute atomic E-state index is 0.0112. The van der Waals surface area contributed by atoms with Crippen LogP contribution in [-0.4, -0.2) is 52.8 Å². The molecule has 4 aromatic rings. The van der Waals surface area contributed by atoms with Gasteiger partial charge in [-0.3, -0.25) is 9.58 Å². The van der Waals surface area contributed by atoms with Gasteiger partial charge in [0.05, 0.1) is 30.6 Å². The summed E-state index contributed by atoms with van der Waals surface area (Å²) in [7, 11) is 0. The minimum Gasteiger partial charge on any atom is -0.491 e. The molecule has 1 amide bonds. The third kappa shape index (κ3) is 6.71. The standard InChI is InChI=1S/C31H28Cl2FN3O6/c1-18(43-28-9-4-7-24(32)19(28)2)17-42-31(40)37-10-5-11-41-29-22(6-3-8-27(29)37)21-14-35-36(15-21)16-23-25(33)12-20(30(38)39)13-26(23)34/h3-4,6-9,12-15,18H,5,10-11,16-17H2,1-2H3,(H,38,39). The maximum atomic E-state index is 14.7.